The first-order valence-corrected chi connectivity index (χ1v) is 8.04. The molecule has 0 N–H and O–H groups in total. The van der Waals surface area contributed by atoms with Gasteiger partial charge in [0, 0.05) is 6.20 Å². The maximum Gasteiger partial charge on any atom is 0.435 e. The zero-order valence-electron chi connectivity index (χ0n) is 14.4. The van der Waals surface area contributed by atoms with Crippen molar-refractivity contribution in [3.63, 3.8) is 0 Å². The van der Waals surface area contributed by atoms with E-state index in [1.165, 1.54) is 30.3 Å². The lowest BCUT2D eigenvalue weighted by Crippen LogP contribution is -2.07. The Morgan fingerprint density at radius 2 is 1.76 bits per heavy atom. The number of nitriles is 1. The van der Waals surface area contributed by atoms with Gasteiger partial charge >= 0.3 is 6.18 Å². The van der Waals surface area contributed by atoms with Crippen LogP contribution in [0.25, 0.3) is 11.8 Å². The molecule has 0 saturated carbocycles. The summed E-state index contributed by atoms with van der Waals surface area (Å²) in [4.78, 5) is 12.3. The fraction of sp³-hybridized carbons (Fsp3) is 0.0500. The van der Waals surface area contributed by atoms with Gasteiger partial charge in [0.15, 0.2) is 5.69 Å². The molecule has 4 nitrogen and oxygen atoms in total. The third-order valence-corrected chi connectivity index (χ3v) is 3.89. The van der Waals surface area contributed by atoms with Crippen LogP contribution in [0.5, 0.6) is 0 Å². The van der Waals surface area contributed by atoms with Crippen LogP contribution >= 0.6 is 0 Å². The first kappa shape index (κ1) is 19.9. The van der Waals surface area contributed by atoms with Crippen molar-refractivity contribution < 1.29 is 26.7 Å². The van der Waals surface area contributed by atoms with Gasteiger partial charge in [0.2, 0.25) is 5.78 Å². The topological polar surface area (TPSA) is 58.7 Å². The van der Waals surface area contributed by atoms with Crippen molar-refractivity contribution in [2.24, 2.45) is 0 Å². The van der Waals surface area contributed by atoms with Gasteiger partial charge in [0.05, 0.1) is 11.3 Å². The van der Waals surface area contributed by atoms with E-state index in [-0.39, 0.29) is 0 Å². The molecule has 0 fully saturated rings. The number of hydrogen-bond donors (Lipinski definition) is 0. The highest BCUT2D eigenvalue weighted by molar-refractivity contribution is 6.14. The second kappa shape index (κ2) is 7.67. The van der Waals surface area contributed by atoms with Crippen LogP contribution in [0.3, 0.4) is 0 Å². The molecule has 1 aromatic heterocycles. The van der Waals surface area contributed by atoms with Gasteiger partial charge in [-0.1, -0.05) is 12.1 Å². The predicted octanol–water partition coefficient (Wildman–Crippen LogP) is 4.96. The van der Waals surface area contributed by atoms with Gasteiger partial charge in [-0.3, -0.25) is 4.79 Å². The van der Waals surface area contributed by atoms with E-state index in [0.717, 1.165) is 29.1 Å². The third kappa shape index (κ3) is 4.38. The maximum absolute atomic E-state index is 13.8. The summed E-state index contributed by atoms with van der Waals surface area (Å²) in [7, 11) is 0. The molecule has 0 aliphatic rings. The summed E-state index contributed by atoms with van der Waals surface area (Å²) in [6, 6.07) is 10.5. The largest absolute Gasteiger partial charge is 0.435 e. The number of allylic oxidation sites excluding steroid dienone is 1. The number of halogens is 5. The Labute approximate surface area is 161 Å². The van der Waals surface area contributed by atoms with Crippen molar-refractivity contribution in [3.8, 4) is 11.8 Å². The number of rotatable bonds is 4. The van der Waals surface area contributed by atoms with Crippen molar-refractivity contribution in [2.75, 3.05) is 0 Å². The van der Waals surface area contributed by atoms with E-state index >= 15 is 0 Å². The number of Topliss-reactive ketones (excluding diaryl/α,β-unsaturated/α-hetero) is 1. The zero-order chi connectivity index (χ0) is 21.2. The molecule has 0 radical (unpaired) electrons. The molecule has 0 spiro atoms. The van der Waals surface area contributed by atoms with E-state index in [4.69, 9.17) is 0 Å². The molecule has 3 rings (SSSR count). The van der Waals surface area contributed by atoms with E-state index in [0.29, 0.717) is 17.3 Å². The molecule has 0 unspecified atom stereocenters. The molecule has 0 saturated heterocycles. The SMILES string of the molecule is N#CC(=Cc1ccc(-n2ccc(C(F)(F)F)n2)cc1)C(=O)c1cc(F)ccc1F. The molecule has 3 aromatic rings. The molecule has 0 amide bonds. The van der Waals surface area contributed by atoms with Crippen LogP contribution in [0, 0.1) is 23.0 Å². The summed E-state index contributed by atoms with van der Waals surface area (Å²) in [6.45, 7) is 0. The summed E-state index contributed by atoms with van der Waals surface area (Å²) in [5.74, 6) is -2.78. The number of carbonyl (C=O) groups is 1. The minimum atomic E-state index is -4.57. The highest BCUT2D eigenvalue weighted by Gasteiger charge is 2.33. The highest BCUT2D eigenvalue weighted by atomic mass is 19.4. The van der Waals surface area contributed by atoms with Gasteiger partial charge < -0.3 is 0 Å². The Hall–Kier alpha value is -3.80. The lowest BCUT2D eigenvalue weighted by atomic mass is 10.0. The van der Waals surface area contributed by atoms with E-state index in [1.54, 1.807) is 6.07 Å². The van der Waals surface area contributed by atoms with E-state index in [1.807, 2.05) is 0 Å². The van der Waals surface area contributed by atoms with E-state index < -0.39 is 40.4 Å². The number of alkyl halides is 3. The quantitative estimate of drug-likeness (QED) is 0.268. The van der Waals surface area contributed by atoms with Gasteiger partial charge in [0.1, 0.15) is 23.3 Å². The van der Waals surface area contributed by atoms with E-state index in [9.17, 15) is 32.0 Å². The first-order chi connectivity index (χ1) is 13.7. The smallest absolute Gasteiger partial charge is 0.288 e. The fourth-order valence-corrected chi connectivity index (χ4v) is 2.47. The monoisotopic (exact) mass is 403 g/mol. The molecule has 0 aliphatic heterocycles. The number of carbonyl (C=O) groups excluding carboxylic acids is 1. The van der Waals surface area contributed by atoms with Gasteiger partial charge in [0.25, 0.3) is 0 Å². The van der Waals surface area contributed by atoms with Gasteiger partial charge in [-0.25, -0.2) is 13.5 Å². The molecule has 1 heterocycles. The zero-order valence-corrected chi connectivity index (χ0v) is 14.4. The van der Waals surface area contributed by atoms with Gasteiger partial charge in [-0.15, -0.1) is 0 Å². The first-order valence-electron chi connectivity index (χ1n) is 8.04. The molecular weight excluding hydrogens is 393 g/mol. The lowest BCUT2D eigenvalue weighted by molar-refractivity contribution is -0.141. The maximum atomic E-state index is 13.8. The minimum Gasteiger partial charge on any atom is -0.288 e. The predicted molar refractivity (Wildman–Crippen MR) is 92.8 cm³/mol. The van der Waals surface area contributed by atoms with Crippen LogP contribution in [0.1, 0.15) is 21.6 Å². The van der Waals surface area contributed by atoms with Crippen molar-refractivity contribution in [2.45, 2.75) is 6.18 Å². The summed E-state index contributed by atoms with van der Waals surface area (Å²) in [6.07, 6.45) is -2.26. The third-order valence-electron chi connectivity index (χ3n) is 3.89. The summed E-state index contributed by atoms with van der Waals surface area (Å²) in [5.41, 5.74) is -1.38. The van der Waals surface area contributed by atoms with Crippen molar-refractivity contribution in [1.82, 2.24) is 9.78 Å². The van der Waals surface area contributed by atoms with Crippen LogP contribution in [0.2, 0.25) is 0 Å². The Balaban J connectivity index is 1.87. The number of hydrogen-bond acceptors (Lipinski definition) is 3. The summed E-state index contributed by atoms with van der Waals surface area (Å²) in [5, 5.41) is 12.7. The van der Waals surface area contributed by atoms with E-state index in [2.05, 4.69) is 5.10 Å². The Kier molecular flexibility index (Phi) is 5.28. The second-order valence-electron chi connectivity index (χ2n) is 5.86. The highest BCUT2D eigenvalue weighted by Crippen LogP contribution is 2.28. The van der Waals surface area contributed by atoms with Crippen LogP contribution in [-0.2, 0) is 6.18 Å². The molecule has 2 aromatic carbocycles. The average Bonchev–Trinajstić information content (AvgIpc) is 3.19. The summed E-state index contributed by atoms with van der Waals surface area (Å²) < 4.78 is 66.0. The van der Waals surface area contributed by atoms with Crippen LogP contribution in [-0.4, -0.2) is 15.6 Å². The van der Waals surface area contributed by atoms with Crippen LogP contribution in [0.4, 0.5) is 22.0 Å². The van der Waals surface area contributed by atoms with Crippen LogP contribution < -0.4 is 0 Å². The number of aromatic nitrogens is 2. The average molecular weight is 403 g/mol. The lowest BCUT2D eigenvalue weighted by Gasteiger charge is -2.04. The van der Waals surface area contributed by atoms with Crippen molar-refractivity contribution >= 4 is 11.9 Å². The van der Waals surface area contributed by atoms with Crippen molar-refractivity contribution in [3.05, 3.63) is 88.8 Å². The molecule has 0 bridgehead atoms. The second-order valence-corrected chi connectivity index (χ2v) is 5.86. The summed E-state index contributed by atoms with van der Waals surface area (Å²) >= 11 is 0. The molecule has 29 heavy (non-hydrogen) atoms. The molecule has 0 atom stereocenters. The minimum absolute atomic E-state index is 0.318. The molecule has 146 valence electrons. The number of nitrogens with zero attached hydrogens (tertiary/aromatic N) is 3. The Morgan fingerprint density at radius 3 is 2.34 bits per heavy atom. The van der Waals surface area contributed by atoms with Gasteiger partial charge in [-0.05, 0) is 48.0 Å². The Bertz CT molecular complexity index is 1140. The molecule has 0 aliphatic carbocycles. The normalized spacial score (nSPS) is 11.9. The molecular formula is C20H10F5N3O. The standard InChI is InChI=1S/C20H10F5N3O/c21-14-3-6-17(22)16(10-14)19(29)13(11-26)9-12-1-4-15(5-2-12)28-8-7-18(27-28)20(23,24)25/h1-10H. The fourth-order valence-electron chi connectivity index (χ4n) is 2.47. The number of benzene rings is 2. The Morgan fingerprint density at radius 1 is 1.07 bits per heavy atom. The van der Waals surface area contributed by atoms with Crippen molar-refractivity contribution in [1.29, 1.82) is 5.26 Å². The number of ketones is 1. The van der Waals surface area contributed by atoms with Gasteiger partial charge in [-0.2, -0.15) is 23.5 Å². The molecule has 9 heteroatoms. The van der Waals surface area contributed by atoms with Crippen LogP contribution in [0.15, 0.2) is 60.3 Å².